The van der Waals surface area contributed by atoms with Crippen LogP contribution in [0.4, 0.5) is 14.5 Å². The fourth-order valence-electron chi connectivity index (χ4n) is 2.59. The molecular formula is C16H13F2NO3S. The van der Waals surface area contributed by atoms with Crippen molar-refractivity contribution < 1.29 is 22.0 Å². The van der Waals surface area contributed by atoms with Crippen LogP contribution in [0.3, 0.4) is 0 Å². The molecule has 0 fully saturated rings. The fraction of sp³-hybridized carbons (Fsp3) is 0.188. The predicted octanol–water partition coefficient (Wildman–Crippen LogP) is 2.57. The van der Waals surface area contributed by atoms with Gasteiger partial charge in [-0.1, -0.05) is 0 Å². The summed E-state index contributed by atoms with van der Waals surface area (Å²) in [5, 5.41) is 0. The fourth-order valence-corrected chi connectivity index (χ4v) is 3.22. The molecule has 0 unspecified atom stereocenters. The molecule has 0 bridgehead atoms. The van der Waals surface area contributed by atoms with Crippen LogP contribution < -0.4 is 4.90 Å². The van der Waals surface area contributed by atoms with Gasteiger partial charge in [-0.3, -0.25) is 4.79 Å². The number of hydrogen-bond donors (Lipinski definition) is 0. The van der Waals surface area contributed by atoms with Gasteiger partial charge in [0.25, 0.3) is 5.91 Å². The summed E-state index contributed by atoms with van der Waals surface area (Å²) in [5.74, 6) is -2.32. The Morgan fingerprint density at radius 3 is 2.30 bits per heavy atom. The molecule has 0 saturated carbocycles. The number of hydrogen-bond acceptors (Lipinski definition) is 3. The predicted molar refractivity (Wildman–Crippen MR) is 81.3 cm³/mol. The van der Waals surface area contributed by atoms with Gasteiger partial charge >= 0.3 is 0 Å². The molecule has 4 nitrogen and oxygen atoms in total. The van der Waals surface area contributed by atoms with Gasteiger partial charge in [0.2, 0.25) is 0 Å². The standard InChI is InChI=1S/C16H13F2NO3S/c1-23(21,22)12-4-2-10(3-5-12)16(20)19-7-6-11-8-13(17)14(18)9-15(11)19/h2-5,8-9H,6-7H2,1H3. The van der Waals surface area contributed by atoms with Crippen molar-refractivity contribution in [2.75, 3.05) is 17.7 Å². The van der Waals surface area contributed by atoms with Crippen molar-refractivity contribution in [1.29, 1.82) is 0 Å². The maximum absolute atomic E-state index is 13.4. The van der Waals surface area contributed by atoms with E-state index in [0.717, 1.165) is 18.4 Å². The Balaban J connectivity index is 1.93. The number of carbonyl (C=O) groups excluding carboxylic acids is 1. The molecule has 0 aromatic heterocycles. The molecule has 1 amide bonds. The van der Waals surface area contributed by atoms with Crippen LogP contribution >= 0.6 is 0 Å². The monoisotopic (exact) mass is 337 g/mol. The topological polar surface area (TPSA) is 54.5 Å². The van der Waals surface area contributed by atoms with Crippen LogP contribution in [0.1, 0.15) is 15.9 Å². The van der Waals surface area contributed by atoms with Crippen LogP contribution in [0.2, 0.25) is 0 Å². The van der Waals surface area contributed by atoms with E-state index in [4.69, 9.17) is 0 Å². The van der Waals surface area contributed by atoms with E-state index in [-0.39, 0.29) is 16.4 Å². The lowest BCUT2D eigenvalue weighted by atomic mass is 10.1. The zero-order valence-corrected chi connectivity index (χ0v) is 13.0. The number of carbonyl (C=O) groups is 1. The van der Waals surface area contributed by atoms with Gasteiger partial charge in [-0.25, -0.2) is 17.2 Å². The summed E-state index contributed by atoms with van der Waals surface area (Å²) in [5.41, 5.74) is 1.21. The third kappa shape index (κ3) is 2.84. The van der Waals surface area contributed by atoms with Crippen molar-refractivity contribution in [3.63, 3.8) is 0 Å². The number of nitrogens with zero attached hydrogens (tertiary/aromatic N) is 1. The molecule has 2 aromatic rings. The second-order valence-electron chi connectivity index (χ2n) is 5.40. The average Bonchev–Trinajstić information content (AvgIpc) is 2.89. The van der Waals surface area contributed by atoms with Crippen LogP contribution in [-0.2, 0) is 16.3 Å². The maximum Gasteiger partial charge on any atom is 0.258 e. The average molecular weight is 337 g/mol. The van der Waals surface area contributed by atoms with E-state index in [9.17, 15) is 22.0 Å². The molecule has 0 aliphatic carbocycles. The Bertz CT molecular complexity index is 892. The van der Waals surface area contributed by atoms with Crippen molar-refractivity contribution >= 4 is 21.4 Å². The smallest absolute Gasteiger partial charge is 0.258 e. The second kappa shape index (κ2) is 5.42. The van der Waals surface area contributed by atoms with Crippen molar-refractivity contribution in [2.45, 2.75) is 11.3 Å². The van der Waals surface area contributed by atoms with Gasteiger partial charge in [0.15, 0.2) is 21.5 Å². The number of sulfone groups is 1. The first-order chi connectivity index (χ1) is 10.8. The highest BCUT2D eigenvalue weighted by Crippen LogP contribution is 2.31. The Kier molecular flexibility index (Phi) is 3.68. The maximum atomic E-state index is 13.4. The first-order valence-electron chi connectivity index (χ1n) is 6.87. The molecule has 7 heteroatoms. The molecule has 1 aliphatic heterocycles. The van der Waals surface area contributed by atoms with Crippen LogP contribution in [-0.4, -0.2) is 27.1 Å². The molecule has 0 atom stereocenters. The van der Waals surface area contributed by atoms with E-state index in [0.29, 0.717) is 24.2 Å². The number of anilines is 1. The largest absolute Gasteiger partial charge is 0.308 e. The number of amides is 1. The molecular weight excluding hydrogens is 324 g/mol. The minimum atomic E-state index is -3.34. The van der Waals surface area contributed by atoms with Crippen LogP contribution in [0, 0.1) is 11.6 Å². The van der Waals surface area contributed by atoms with E-state index in [1.165, 1.54) is 29.2 Å². The normalized spacial score (nSPS) is 14.0. The van der Waals surface area contributed by atoms with Gasteiger partial charge in [0.1, 0.15) is 0 Å². The Morgan fingerprint density at radius 2 is 1.70 bits per heavy atom. The summed E-state index contributed by atoms with van der Waals surface area (Å²) in [7, 11) is -3.34. The minimum Gasteiger partial charge on any atom is -0.308 e. The zero-order chi connectivity index (χ0) is 16.8. The summed E-state index contributed by atoms with van der Waals surface area (Å²) in [4.78, 5) is 14.0. The van der Waals surface area contributed by atoms with Crippen molar-refractivity contribution in [1.82, 2.24) is 0 Å². The highest BCUT2D eigenvalue weighted by atomic mass is 32.2. The van der Waals surface area contributed by atoms with E-state index in [1.54, 1.807) is 0 Å². The Labute approximate surface area is 132 Å². The summed E-state index contributed by atoms with van der Waals surface area (Å²) in [6.07, 6.45) is 1.53. The third-order valence-electron chi connectivity index (χ3n) is 3.79. The zero-order valence-electron chi connectivity index (χ0n) is 12.2. The molecule has 1 aliphatic rings. The lowest BCUT2D eigenvalue weighted by molar-refractivity contribution is 0.0989. The number of fused-ring (bicyclic) bond motifs is 1. The quantitative estimate of drug-likeness (QED) is 0.846. The van der Waals surface area contributed by atoms with Gasteiger partial charge in [-0.05, 0) is 42.3 Å². The molecule has 0 saturated heterocycles. The van der Waals surface area contributed by atoms with E-state index in [2.05, 4.69) is 0 Å². The molecule has 23 heavy (non-hydrogen) atoms. The molecule has 0 radical (unpaired) electrons. The lowest BCUT2D eigenvalue weighted by Crippen LogP contribution is -2.29. The highest BCUT2D eigenvalue weighted by Gasteiger charge is 2.27. The number of rotatable bonds is 2. The van der Waals surface area contributed by atoms with Gasteiger partial charge in [0.05, 0.1) is 10.6 Å². The van der Waals surface area contributed by atoms with Crippen molar-refractivity contribution in [2.24, 2.45) is 0 Å². The van der Waals surface area contributed by atoms with Gasteiger partial charge < -0.3 is 4.90 Å². The Morgan fingerprint density at radius 1 is 1.09 bits per heavy atom. The molecule has 0 N–H and O–H groups in total. The third-order valence-corrected chi connectivity index (χ3v) is 4.92. The van der Waals surface area contributed by atoms with Crippen LogP contribution in [0.5, 0.6) is 0 Å². The van der Waals surface area contributed by atoms with Crippen molar-refractivity contribution in [3.05, 3.63) is 59.2 Å². The molecule has 1 heterocycles. The minimum absolute atomic E-state index is 0.115. The van der Waals surface area contributed by atoms with Gasteiger partial charge in [-0.15, -0.1) is 0 Å². The number of halogens is 2. The highest BCUT2D eigenvalue weighted by molar-refractivity contribution is 7.90. The van der Waals surface area contributed by atoms with Crippen LogP contribution in [0.15, 0.2) is 41.3 Å². The first-order valence-corrected chi connectivity index (χ1v) is 8.76. The van der Waals surface area contributed by atoms with Crippen LogP contribution in [0.25, 0.3) is 0 Å². The summed E-state index contributed by atoms with van der Waals surface area (Å²) < 4.78 is 49.5. The number of benzene rings is 2. The molecule has 2 aromatic carbocycles. The summed E-state index contributed by atoms with van der Waals surface area (Å²) >= 11 is 0. The molecule has 3 rings (SSSR count). The molecule has 0 spiro atoms. The first kappa shape index (κ1) is 15.6. The molecule has 120 valence electrons. The van der Waals surface area contributed by atoms with Gasteiger partial charge in [-0.2, -0.15) is 0 Å². The van der Waals surface area contributed by atoms with E-state index < -0.39 is 21.5 Å². The Hall–Kier alpha value is -2.28. The van der Waals surface area contributed by atoms with E-state index in [1.807, 2.05) is 0 Å². The van der Waals surface area contributed by atoms with Gasteiger partial charge in [0, 0.05) is 24.4 Å². The lowest BCUT2D eigenvalue weighted by Gasteiger charge is -2.17. The van der Waals surface area contributed by atoms with E-state index >= 15 is 0 Å². The SMILES string of the molecule is CS(=O)(=O)c1ccc(C(=O)N2CCc3cc(F)c(F)cc32)cc1. The summed E-state index contributed by atoms with van der Waals surface area (Å²) in [6.45, 7) is 0.324. The second-order valence-corrected chi connectivity index (χ2v) is 7.41. The summed E-state index contributed by atoms with van der Waals surface area (Å²) in [6, 6.07) is 7.65. The van der Waals surface area contributed by atoms with Crippen molar-refractivity contribution in [3.8, 4) is 0 Å².